The summed E-state index contributed by atoms with van der Waals surface area (Å²) >= 11 is 12.2. The molecule has 9 heteroatoms. The number of nitrogens with two attached hydrogens (primary N) is 1. The van der Waals surface area contributed by atoms with Crippen LogP contribution in [0.5, 0.6) is 5.75 Å². The molecule has 7 nitrogen and oxygen atoms in total. The van der Waals surface area contributed by atoms with Crippen LogP contribution in [0.15, 0.2) is 36.5 Å². The van der Waals surface area contributed by atoms with E-state index in [-0.39, 0.29) is 11.9 Å². The number of hydrogen-bond acceptors (Lipinski definition) is 5. The van der Waals surface area contributed by atoms with Gasteiger partial charge in [0.05, 0.1) is 16.3 Å². The number of nitrogens with zero attached hydrogens (tertiary/aromatic N) is 2. The van der Waals surface area contributed by atoms with Crippen molar-refractivity contribution in [3.63, 3.8) is 0 Å². The minimum Gasteiger partial charge on any atom is -0.476 e. The summed E-state index contributed by atoms with van der Waals surface area (Å²) in [5.74, 6) is -0.225. The lowest BCUT2D eigenvalue weighted by Gasteiger charge is -2.40. The van der Waals surface area contributed by atoms with Gasteiger partial charge in [0.2, 0.25) is 5.91 Å². The zero-order valence-electron chi connectivity index (χ0n) is 18.7. The minimum absolute atomic E-state index is 0.0833. The molecule has 2 unspecified atom stereocenters. The fraction of sp³-hybridized carbons (Fsp3) is 0.458. The molecule has 4 rings (SSSR count). The van der Waals surface area contributed by atoms with Crippen molar-refractivity contribution in [2.45, 2.75) is 69.8 Å². The Morgan fingerprint density at radius 1 is 1.18 bits per heavy atom. The molecule has 0 radical (unpaired) electrons. The standard InChI is InChI=1S/C24H28Cl2N4O3/c1-24(2,33-21-8-4-15(25)9-20(21)26)23(32)29-17-10-18-6-7-19(11-17)30(18)13-16-5-3-14(12-28-16)22(27)31/h3-5,8-9,12,17-19H,6-7,10-11,13H2,1-2H3,(H2,27,31)(H,29,32). The first-order valence-corrected chi connectivity index (χ1v) is 11.8. The number of pyridine rings is 1. The van der Waals surface area contributed by atoms with Crippen molar-refractivity contribution in [2.75, 3.05) is 0 Å². The van der Waals surface area contributed by atoms with Crippen LogP contribution in [0.1, 0.15) is 55.6 Å². The molecule has 0 spiro atoms. The Hall–Kier alpha value is -2.35. The number of amides is 2. The third-order valence-corrected chi connectivity index (χ3v) is 7.01. The van der Waals surface area contributed by atoms with Crippen molar-refractivity contribution in [3.8, 4) is 5.75 Å². The molecule has 2 atom stereocenters. The second kappa shape index (κ2) is 9.49. The van der Waals surface area contributed by atoms with Gasteiger partial charge < -0.3 is 15.8 Å². The Bertz CT molecular complexity index is 1030. The molecule has 3 heterocycles. The van der Waals surface area contributed by atoms with Crippen LogP contribution in [0.25, 0.3) is 0 Å². The van der Waals surface area contributed by atoms with Crippen molar-refractivity contribution < 1.29 is 14.3 Å². The summed E-state index contributed by atoms with van der Waals surface area (Å²) < 4.78 is 5.93. The highest BCUT2D eigenvalue weighted by Gasteiger charge is 2.42. The molecule has 2 saturated heterocycles. The predicted molar refractivity (Wildman–Crippen MR) is 127 cm³/mol. The molecule has 33 heavy (non-hydrogen) atoms. The Kier molecular flexibility index (Phi) is 6.84. The van der Waals surface area contributed by atoms with Crippen LogP contribution in [0.4, 0.5) is 0 Å². The number of carbonyl (C=O) groups is 2. The molecular formula is C24H28Cl2N4O3. The van der Waals surface area contributed by atoms with Crippen molar-refractivity contribution in [1.29, 1.82) is 0 Å². The van der Waals surface area contributed by atoms with Crippen LogP contribution < -0.4 is 15.8 Å². The molecular weight excluding hydrogens is 463 g/mol. The van der Waals surface area contributed by atoms with Crippen LogP contribution in [0.3, 0.4) is 0 Å². The van der Waals surface area contributed by atoms with Gasteiger partial charge in [0.1, 0.15) is 5.75 Å². The van der Waals surface area contributed by atoms with E-state index in [4.69, 9.17) is 33.7 Å². The number of primary amides is 1. The quantitative estimate of drug-likeness (QED) is 0.611. The average molecular weight is 491 g/mol. The molecule has 2 fully saturated rings. The number of aromatic nitrogens is 1. The van der Waals surface area contributed by atoms with Gasteiger partial charge in [0, 0.05) is 35.9 Å². The van der Waals surface area contributed by atoms with Crippen LogP contribution in [0.2, 0.25) is 10.0 Å². The summed E-state index contributed by atoms with van der Waals surface area (Å²) in [5, 5.41) is 4.07. The number of fused-ring (bicyclic) bond motifs is 2. The molecule has 2 aliphatic heterocycles. The van der Waals surface area contributed by atoms with E-state index in [1.165, 1.54) is 6.20 Å². The number of halogens is 2. The van der Waals surface area contributed by atoms with E-state index in [0.717, 1.165) is 37.9 Å². The van der Waals surface area contributed by atoms with Crippen LogP contribution in [-0.4, -0.2) is 45.4 Å². The summed E-state index contributed by atoms with van der Waals surface area (Å²) in [6.45, 7) is 4.19. The Morgan fingerprint density at radius 3 is 2.45 bits per heavy atom. The third-order valence-electron chi connectivity index (χ3n) is 6.48. The Morgan fingerprint density at radius 2 is 1.88 bits per heavy atom. The maximum absolute atomic E-state index is 13.0. The van der Waals surface area contributed by atoms with Gasteiger partial charge in [-0.2, -0.15) is 0 Å². The zero-order valence-corrected chi connectivity index (χ0v) is 20.2. The van der Waals surface area contributed by atoms with Gasteiger partial charge in [0.25, 0.3) is 5.91 Å². The van der Waals surface area contributed by atoms with E-state index in [1.807, 2.05) is 6.07 Å². The fourth-order valence-corrected chi connectivity index (χ4v) is 5.19. The molecule has 0 aliphatic carbocycles. The smallest absolute Gasteiger partial charge is 0.263 e. The van der Waals surface area contributed by atoms with Gasteiger partial charge in [-0.3, -0.25) is 19.5 Å². The average Bonchev–Trinajstić information content (AvgIpc) is 2.98. The van der Waals surface area contributed by atoms with E-state index < -0.39 is 11.5 Å². The van der Waals surface area contributed by atoms with Gasteiger partial charge in [-0.1, -0.05) is 23.2 Å². The van der Waals surface area contributed by atoms with Crippen LogP contribution in [-0.2, 0) is 11.3 Å². The number of carbonyl (C=O) groups excluding carboxylic acids is 2. The summed E-state index contributed by atoms with van der Waals surface area (Å²) in [4.78, 5) is 31.2. The predicted octanol–water partition coefficient (Wildman–Crippen LogP) is 3.96. The second-order valence-corrected chi connectivity index (χ2v) is 10.1. The maximum atomic E-state index is 13.0. The molecule has 2 amide bonds. The lowest BCUT2D eigenvalue weighted by molar-refractivity contribution is -0.135. The first kappa shape index (κ1) is 23.8. The zero-order chi connectivity index (χ0) is 23.8. The minimum atomic E-state index is -1.08. The first-order valence-electron chi connectivity index (χ1n) is 11.1. The maximum Gasteiger partial charge on any atom is 0.263 e. The van der Waals surface area contributed by atoms with Crippen LogP contribution >= 0.6 is 23.2 Å². The monoisotopic (exact) mass is 490 g/mol. The summed E-state index contributed by atoms with van der Waals surface area (Å²) in [7, 11) is 0. The summed E-state index contributed by atoms with van der Waals surface area (Å²) in [6.07, 6.45) is 5.47. The Balaban J connectivity index is 1.35. The molecule has 176 valence electrons. The van der Waals surface area contributed by atoms with Crippen molar-refractivity contribution in [1.82, 2.24) is 15.2 Å². The first-order chi connectivity index (χ1) is 15.6. The second-order valence-electron chi connectivity index (χ2n) is 9.29. The van der Waals surface area contributed by atoms with E-state index in [2.05, 4.69) is 15.2 Å². The van der Waals surface area contributed by atoms with Crippen LogP contribution in [0, 0.1) is 0 Å². The normalized spacial score (nSPS) is 22.7. The summed E-state index contributed by atoms with van der Waals surface area (Å²) in [6, 6.07) is 9.35. The highest BCUT2D eigenvalue weighted by atomic mass is 35.5. The molecule has 1 aromatic carbocycles. The topological polar surface area (TPSA) is 97.5 Å². The molecule has 2 aromatic rings. The molecule has 0 saturated carbocycles. The van der Waals surface area contributed by atoms with E-state index in [9.17, 15) is 9.59 Å². The number of nitrogens with one attached hydrogen (secondary N) is 1. The fourth-order valence-electron chi connectivity index (χ4n) is 4.74. The SMILES string of the molecule is CC(C)(Oc1ccc(Cl)cc1Cl)C(=O)NC1CC2CCC(C1)N2Cc1ccc(C(N)=O)cn1. The molecule has 2 aliphatic rings. The number of piperidine rings is 1. The van der Waals surface area contributed by atoms with E-state index in [1.54, 1.807) is 38.1 Å². The molecule has 2 bridgehead atoms. The number of rotatable bonds is 7. The summed E-state index contributed by atoms with van der Waals surface area (Å²) in [5.41, 5.74) is 5.54. The lowest BCUT2D eigenvalue weighted by Crippen LogP contribution is -2.55. The lowest BCUT2D eigenvalue weighted by atomic mass is 9.96. The van der Waals surface area contributed by atoms with Crippen molar-refractivity contribution in [3.05, 3.63) is 57.8 Å². The van der Waals surface area contributed by atoms with E-state index >= 15 is 0 Å². The van der Waals surface area contributed by atoms with Gasteiger partial charge in [-0.25, -0.2) is 0 Å². The highest BCUT2D eigenvalue weighted by molar-refractivity contribution is 6.35. The van der Waals surface area contributed by atoms with Crippen molar-refractivity contribution in [2.24, 2.45) is 5.73 Å². The van der Waals surface area contributed by atoms with Gasteiger partial charge in [-0.05, 0) is 69.9 Å². The number of hydrogen-bond donors (Lipinski definition) is 2. The Labute approximate surface area is 203 Å². The van der Waals surface area contributed by atoms with Gasteiger partial charge in [0.15, 0.2) is 5.60 Å². The van der Waals surface area contributed by atoms with E-state index in [0.29, 0.717) is 33.4 Å². The number of benzene rings is 1. The van der Waals surface area contributed by atoms with Gasteiger partial charge >= 0.3 is 0 Å². The molecule has 3 N–H and O–H groups in total. The molecule has 1 aromatic heterocycles. The highest BCUT2D eigenvalue weighted by Crippen LogP contribution is 2.37. The van der Waals surface area contributed by atoms with Crippen molar-refractivity contribution >= 4 is 35.0 Å². The largest absolute Gasteiger partial charge is 0.476 e. The third kappa shape index (κ3) is 5.42. The van der Waals surface area contributed by atoms with Gasteiger partial charge in [-0.15, -0.1) is 0 Å². The number of ether oxygens (including phenoxy) is 1.